The van der Waals surface area contributed by atoms with Gasteiger partial charge in [-0.25, -0.2) is 0 Å². The summed E-state index contributed by atoms with van der Waals surface area (Å²) in [5, 5.41) is 7.70. The number of anilines is 2. The second-order valence-electron chi connectivity index (χ2n) is 23.9. The first kappa shape index (κ1) is 42.1. The summed E-state index contributed by atoms with van der Waals surface area (Å²) in [6.45, 7) is -0.0782. The lowest BCUT2D eigenvalue weighted by Gasteiger charge is -2.47. The molecule has 17 rings (SSSR count). The van der Waals surface area contributed by atoms with E-state index < -0.39 is 0 Å². The third kappa shape index (κ3) is 5.97. The van der Waals surface area contributed by atoms with Gasteiger partial charge in [-0.1, -0.05) is 161 Å². The maximum Gasteiger partial charge on any atom is 0.333 e. The minimum atomic E-state index is -0.0782. The third-order valence-corrected chi connectivity index (χ3v) is 20.1. The van der Waals surface area contributed by atoms with Crippen LogP contribution < -0.4 is 15.7 Å². The van der Waals surface area contributed by atoms with Crippen molar-refractivity contribution in [3.8, 4) is 39.1 Å². The SMILES string of the molecule is c1ccc(-c2ccc(N3B4c5c(cc(-c6ccccc6)cc5-n5c6ccc(C78CCCC(CCC7)C8)cc6c6cc(C78CCCC(CCC7)C8)cc4c65)-c4c3ccc3oc5cc6ccccc6cc5c43)cc2)cc1. The van der Waals surface area contributed by atoms with Gasteiger partial charge in [-0.15, -0.1) is 0 Å². The Labute approximate surface area is 433 Å². The predicted molar refractivity (Wildman–Crippen MR) is 310 cm³/mol. The van der Waals surface area contributed by atoms with Crippen molar-refractivity contribution in [1.82, 2.24) is 4.57 Å². The zero-order valence-corrected chi connectivity index (χ0v) is 42.2. The highest BCUT2D eigenvalue weighted by Crippen LogP contribution is 2.56. The quantitative estimate of drug-likeness (QED) is 0.160. The van der Waals surface area contributed by atoms with Crippen molar-refractivity contribution in [3.63, 3.8) is 0 Å². The molecule has 358 valence electrons. The summed E-state index contributed by atoms with van der Waals surface area (Å²) in [5.74, 6) is 1.70. The third-order valence-electron chi connectivity index (χ3n) is 20.1. The number of fused-ring (bicyclic) bond motifs is 16. The van der Waals surface area contributed by atoms with Gasteiger partial charge in [-0.05, 0) is 189 Å². The zero-order chi connectivity index (χ0) is 48.3. The maximum absolute atomic E-state index is 6.99. The summed E-state index contributed by atoms with van der Waals surface area (Å²) in [5.41, 5.74) is 22.4. The molecule has 0 saturated heterocycles. The molecule has 0 atom stereocenters. The lowest BCUT2D eigenvalue weighted by Crippen LogP contribution is -2.61. The Kier molecular flexibility index (Phi) is 8.89. The van der Waals surface area contributed by atoms with Gasteiger partial charge in [0.05, 0.1) is 11.0 Å². The van der Waals surface area contributed by atoms with Crippen LogP contribution in [0.5, 0.6) is 0 Å². The molecule has 0 spiro atoms. The Hall–Kier alpha value is -7.30. The van der Waals surface area contributed by atoms with Crippen LogP contribution in [0.3, 0.4) is 0 Å². The molecule has 2 aromatic heterocycles. The molecule has 74 heavy (non-hydrogen) atoms. The van der Waals surface area contributed by atoms with E-state index in [-0.39, 0.29) is 17.7 Å². The summed E-state index contributed by atoms with van der Waals surface area (Å²) in [7, 11) is 0. The van der Waals surface area contributed by atoms with Gasteiger partial charge in [-0.3, -0.25) is 0 Å². The molecule has 4 heterocycles. The highest BCUT2D eigenvalue weighted by Gasteiger charge is 2.48. The minimum Gasteiger partial charge on any atom is -0.456 e. The van der Waals surface area contributed by atoms with E-state index in [0.29, 0.717) is 0 Å². The van der Waals surface area contributed by atoms with Gasteiger partial charge in [-0.2, -0.15) is 0 Å². The van der Waals surface area contributed by atoms with E-state index in [1.165, 1.54) is 195 Å². The highest BCUT2D eigenvalue weighted by molar-refractivity contribution is 6.93. The van der Waals surface area contributed by atoms with Crippen LogP contribution >= 0.6 is 0 Å². The fraction of sp³-hybridized carbons (Fsp3) is 0.257. The zero-order valence-electron chi connectivity index (χ0n) is 42.2. The van der Waals surface area contributed by atoms with Gasteiger partial charge in [0, 0.05) is 44.2 Å². The summed E-state index contributed by atoms with van der Waals surface area (Å²) in [6.07, 6.45) is 18.9. The van der Waals surface area contributed by atoms with Crippen LogP contribution in [0.25, 0.3) is 93.6 Å². The Bertz CT molecular complexity index is 4110. The van der Waals surface area contributed by atoms with Crippen molar-refractivity contribution < 1.29 is 4.42 Å². The molecule has 3 nitrogen and oxygen atoms in total. The largest absolute Gasteiger partial charge is 0.456 e. The van der Waals surface area contributed by atoms with Crippen LogP contribution in [0, 0.1) is 11.8 Å². The van der Waals surface area contributed by atoms with Crippen molar-refractivity contribution >= 4 is 83.7 Å². The van der Waals surface area contributed by atoms with Crippen molar-refractivity contribution in [1.29, 1.82) is 0 Å². The fourth-order valence-electron chi connectivity index (χ4n) is 16.9. The van der Waals surface area contributed by atoms with Crippen molar-refractivity contribution in [2.24, 2.45) is 11.8 Å². The molecule has 4 fully saturated rings. The topological polar surface area (TPSA) is 21.3 Å². The van der Waals surface area contributed by atoms with Gasteiger partial charge in [0.2, 0.25) is 0 Å². The number of hydrogen-bond donors (Lipinski definition) is 0. The summed E-state index contributed by atoms with van der Waals surface area (Å²) in [4.78, 5) is 2.76. The van der Waals surface area contributed by atoms with E-state index >= 15 is 0 Å². The van der Waals surface area contributed by atoms with E-state index in [1.54, 1.807) is 11.1 Å². The molecule has 11 aromatic rings. The van der Waals surface area contributed by atoms with Crippen LogP contribution in [-0.4, -0.2) is 11.4 Å². The van der Waals surface area contributed by atoms with Crippen LogP contribution in [-0.2, 0) is 10.8 Å². The number of aromatic nitrogens is 1. The normalized spacial score (nSPS) is 22.7. The lowest BCUT2D eigenvalue weighted by molar-refractivity contribution is 0.149. The molecular weight excluding hydrogens is 896 g/mol. The molecule has 4 heteroatoms. The molecule has 4 aliphatic carbocycles. The molecule has 0 radical (unpaired) electrons. The van der Waals surface area contributed by atoms with Crippen molar-refractivity contribution in [2.75, 3.05) is 4.81 Å². The van der Waals surface area contributed by atoms with Gasteiger partial charge < -0.3 is 13.8 Å². The highest BCUT2D eigenvalue weighted by atomic mass is 16.3. The Morgan fingerprint density at radius 2 is 1.09 bits per heavy atom. The van der Waals surface area contributed by atoms with Crippen LogP contribution in [0.1, 0.15) is 101 Å². The van der Waals surface area contributed by atoms with Crippen LogP contribution in [0.4, 0.5) is 11.4 Å². The molecule has 6 aliphatic rings. The predicted octanol–water partition coefficient (Wildman–Crippen LogP) is 17.6. The first-order chi connectivity index (χ1) is 36.6. The molecule has 0 amide bonds. The van der Waals surface area contributed by atoms with E-state index in [2.05, 4.69) is 185 Å². The Balaban J connectivity index is 1.01. The average molecular weight is 955 g/mol. The molecular formula is C70H59BN2O. The van der Waals surface area contributed by atoms with E-state index in [9.17, 15) is 0 Å². The number of hydrogen-bond acceptors (Lipinski definition) is 2. The number of furan rings is 1. The maximum atomic E-state index is 6.99. The Morgan fingerprint density at radius 1 is 0.473 bits per heavy atom. The van der Waals surface area contributed by atoms with Gasteiger partial charge in [0.25, 0.3) is 0 Å². The summed E-state index contributed by atoms with van der Waals surface area (Å²) >= 11 is 0. The van der Waals surface area contributed by atoms with Gasteiger partial charge >= 0.3 is 6.85 Å². The fourth-order valence-corrected chi connectivity index (χ4v) is 16.9. The molecule has 0 unspecified atom stereocenters. The van der Waals surface area contributed by atoms with Crippen LogP contribution in [0.2, 0.25) is 0 Å². The van der Waals surface area contributed by atoms with Crippen LogP contribution in [0.15, 0.2) is 180 Å². The second kappa shape index (κ2) is 15.6. The summed E-state index contributed by atoms with van der Waals surface area (Å²) in [6, 6.07) is 68.2. The number of rotatable bonds is 5. The van der Waals surface area contributed by atoms with E-state index in [4.69, 9.17) is 4.42 Å². The van der Waals surface area contributed by atoms with Crippen molar-refractivity contribution in [3.05, 3.63) is 187 Å². The van der Waals surface area contributed by atoms with Crippen molar-refractivity contribution in [2.45, 2.75) is 101 Å². The number of nitrogens with zero attached hydrogens (tertiary/aromatic N) is 2. The molecule has 4 saturated carbocycles. The molecule has 0 N–H and O–H groups in total. The average Bonchev–Trinajstić information content (AvgIpc) is 4.12. The first-order valence-electron chi connectivity index (χ1n) is 28.3. The molecule has 4 bridgehead atoms. The lowest BCUT2D eigenvalue weighted by atomic mass is 9.43. The number of benzene rings is 9. The van der Waals surface area contributed by atoms with E-state index in [1.807, 2.05) is 0 Å². The smallest absolute Gasteiger partial charge is 0.333 e. The van der Waals surface area contributed by atoms with E-state index in [0.717, 1.165) is 23.0 Å². The van der Waals surface area contributed by atoms with Gasteiger partial charge in [0.15, 0.2) is 0 Å². The Morgan fingerprint density at radius 3 is 1.80 bits per heavy atom. The standard InChI is InChI=1S/C70H59BN2O/c1-3-17-46(18-4-1)48-23-26-54(27-24-48)73-61-29-30-63-66(57-35-49-21-7-8-22-50(49)38-64(57)74-63)65(61)58-36-51(47-19-5-2-6-20-47)37-62-67(58)71(73)59-41-53(70-33-11-15-45(43-70)16-12-34-70)40-56-55-39-52(25-28-60(55)72(62)68(56)59)69-31-9-13-44(42-69)14-10-32-69/h1-8,17-30,35-41,44-45H,9-16,31-34,42-43H2. The molecule has 9 aromatic carbocycles. The molecule has 2 aliphatic heterocycles. The monoisotopic (exact) mass is 954 g/mol. The summed E-state index contributed by atoms with van der Waals surface area (Å²) < 4.78 is 9.75. The second-order valence-corrected chi connectivity index (χ2v) is 23.9. The van der Waals surface area contributed by atoms with Gasteiger partial charge in [0.1, 0.15) is 11.2 Å². The minimum absolute atomic E-state index is 0.0782. The first-order valence-corrected chi connectivity index (χ1v) is 28.3.